The summed E-state index contributed by atoms with van der Waals surface area (Å²) in [5.74, 6) is 13.4. The molecule has 11 rings (SSSR count). The normalized spacial score (nSPS) is 13.2. The largest absolute Gasteiger partial charge is 0.289 e. The lowest BCUT2D eigenvalue weighted by Crippen LogP contribution is -2.02. The number of allylic oxidation sites excluding steroid dienone is 8. The quantitative estimate of drug-likeness (QED) is 0.114. The molecular formula is C72H50O2. The van der Waals surface area contributed by atoms with Crippen molar-refractivity contribution in [3.63, 3.8) is 0 Å². The minimum absolute atomic E-state index is 0.0364. The fourth-order valence-corrected chi connectivity index (χ4v) is 10.1. The van der Waals surface area contributed by atoms with Crippen LogP contribution in [0.5, 0.6) is 0 Å². The number of rotatable bonds is 12. The Hall–Kier alpha value is -9.60. The van der Waals surface area contributed by atoms with E-state index in [0.717, 1.165) is 77.9 Å². The third kappa shape index (κ3) is 9.87. The van der Waals surface area contributed by atoms with Gasteiger partial charge in [-0.2, -0.15) is 0 Å². The molecule has 0 spiro atoms. The number of hydrogen-bond acceptors (Lipinski definition) is 2. The molecule has 9 aromatic carbocycles. The van der Waals surface area contributed by atoms with Gasteiger partial charge < -0.3 is 0 Å². The lowest BCUT2D eigenvalue weighted by molar-refractivity contribution is -0.109. The first-order valence-electron chi connectivity index (χ1n) is 25.2. The van der Waals surface area contributed by atoms with Crippen LogP contribution in [0.3, 0.4) is 0 Å². The Bertz CT molecular complexity index is 3530. The van der Waals surface area contributed by atoms with Crippen molar-refractivity contribution < 1.29 is 9.59 Å². The summed E-state index contributed by atoms with van der Waals surface area (Å²) in [6.07, 6.45) is 2.62. The van der Waals surface area contributed by atoms with Gasteiger partial charge in [0.2, 0.25) is 0 Å². The number of carbonyl (C=O) groups excluding carboxylic acids is 2. The molecule has 0 amide bonds. The van der Waals surface area contributed by atoms with Crippen LogP contribution in [0, 0.1) is 23.7 Å². The molecular weight excluding hydrogens is 897 g/mol. The van der Waals surface area contributed by atoms with Crippen LogP contribution in [0.2, 0.25) is 0 Å². The van der Waals surface area contributed by atoms with Crippen molar-refractivity contribution in [1.29, 1.82) is 0 Å². The molecule has 9 aromatic rings. The molecule has 0 bridgehead atoms. The van der Waals surface area contributed by atoms with Crippen LogP contribution in [0.25, 0.3) is 44.6 Å². The zero-order valence-corrected chi connectivity index (χ0v) is 40.9. The molecule has 2 nitrogen and oxygen atoms in total. The molecule has 2 aliphatic carbocycles. The summed E-state index contributed by atoms with van der Waals surface area (Å²) in [5.41, 5.74) is 17.5. The predicted octanol–water partition coefficient (Wildman–Crippen LogP) is 15.5. The van der Waals surface area contributed by atoms with Crippen LogP contribution >= 0.6 is 0 Å². The van der Waals surface area contributed by atoms with Gasteiger partial charge in [0.15, 0.2) is 11.6 Å². The Kier molecular flexibility index (Phi) is 13.8. The monoisotopic (exact) mass is 946 g/mol. The highest BCUT2D eigenvalue weighted by molar-refractivity contribution is 6.60. The van der Waals surface area contributed by atoms with E-state index in [-0.39, 0.29) is 11.6 Å². The third-order valence-electron chi connectivity index (χ3n) is 13.7. The molecule has 2 aliphatic rings. The zero-order valence-electron chi connectivity index (χ0n) is 40.9. The summed E-state index contributed by atoms with van der Waals surface area (Å²) in [7, 11) is 0. The number of ketones is 2. The highest BCUT2D eigenvalue weighted by Gasteiger charge is 2.38. The average Bonchev–Trinajstić information content (AvgIpc) is 3.95. The maximum absolute atomic E-state index is 15.5. The zero-order chi connectivity index (χ0) is 50.1. The smallest absolute Gasteiger partial charge is 0.195 e. The third-order valence-corrected chi connectivity index (χ3v) is 13.7. The van der Waals surface area contributed by atoms with Crippen molar-refractivity contribution >= 4 is 56.2 Å². The molecule has 0 aromatic heterocycles. The maximum atomic E-state index is 15.5. The summed E-state index contributed by atoms with van der Waals surface area (Å²) in [6, 6.07) is 86.2. The van der Waals surface area contributed by atoms with E-state index in [4.69, 9.17) is 0 Å². The minimum atomic E-state index is -0.0364. The van der Waals surface area contributed by atoms with Gasteiger partial charge in [-0.15, -0.1) is 0 Å². The van der Waals surface area contributed by atoms with Gasteiger partial charge in [0.05, 0.1) is 0 Å². The van der Waals surface area contributed by atoms with Crippen LogP contribution in [0.1, 0.15) is 66.8 Å². The first-order chi connectivity index (χ1) is 36.6. The number of Topliss-reactive ketones (excluding diaryl/α,β-unsaturated/α-hetero) is 2. The lowest BCUT2D eigenvalue weighted by Gasteiger charge is -2.18. The second-order valence-electron chi connectivity index (χ2n) is 18.5. The summed E-state index contributed by atoms with van der Waals surface area (Å²) in [4.78, 5) is 30.9. The van der Waals surface area contributed by atoms with E-state index in [1.807, 2.05) is 158 Å². The van der Waals surface area contributed by atoms with Gasteiger partial charge in [0, 0.05) is 70.3 Å². The van der Waals surface area contributed by atoms with Gasteiger partial charge in [0.25, 0.3) is 0 Å². The molecule has 0 N–H and O–H groups in total. The predicted molar refractivity (Wildman–Crippen MR) is 306 cm³/mol. The van der Waals surface area contributed by atoms with Crippen molar-refractivity contribution in [2.75, 3.05) is 0 Å². The summed E-state index contributed by atoms with van der Waals surface area (Å²) < 4.78 is 0. The number of hydrogen-bond donors (Lipinski definition) is 0. The molecule has 0 atom stereocenters. The summed E-state index contributed by atoms with van der Waals surface area (Å²) >= 11 is 0. The molecule has 0 aliphatic heterocycles. The molecule has 74 heavy (non-hydrogen) atoms. The Morgan fingerprint density at radius 1 is 0.203 bits per heavy atom. The lowest BCUT2D eigenvalue weighted by atomic mass is 9.85. The van der Waals surface area contributed by atoms with Crippen LogP contribution in [0.4, 0.5) is 0 Å². The molecule has 0 unspecified atom stereocenters. The Morgan fingerprint density at radius 3 is 0.703 bits per heavy atom. The van der Waals surface area contributed by atoms with E-state index in [0.29, 0.717) is 48.0 Å². The van der Waals surface area contributed by atoms with E-state index in [1.54, 1.807) is 0 Å². The fraction of sp³-hybridized carbons (Fsp3) is 0.0556. The van der Waals surface area contributed by atoms with Gasteiger partial charge in [-0.3, -0.25) is 9.59 Å². The molecule has 0 saturated heterocycles. The fourth-order valence-electron chi connectivity index (χ4n) is 10.1. The van der Waals surface area contributed by atoms with E-state index < -0.39 is 0 Å². The van der Waals surface area contributed by atoms with Crippen LogP contribution in [0.15, 0.2) is 255 Å². The van der Waals surface area contributed by atoms with Gasteiger partial charge >= 0.3 is 0 Å². The van der Waals surface area contributed by atoms with Crippen molar-refractivity contribution in [3.05, 3.63) is 322 Å². The topological polar surface area (TPSA) is 34.1 Å². The highest BCUT2D eigenvalue weighted by Crippen LogP contribution is 2.53. The van der Waals surface area contributed by atoms with Crippen molar-refractivity contribution in [2.45, 2.75) is 25.7 Å². The Balaban J connectivity index is 1.06. The van der Waals surface area contributed by atoms with Gasteiger partial charge in [-0.05, 0) is 72.8 Å². The van der Waals surface area contributed by atoms with Crippen LogP contribution in [-0.2, 0) is 35.3 Å². The Morgan fingerprint density at radius 2 is 0.419 bits per heavy atom. The first-order valence-corrected chi connectivity index (χ1v) is 25.2. The van der Waals surface area contributed by atoms with Crippen molar-refractivity contribution in [3.8, 4) is 23.7 Å². The molecule has 350 valence electrons. The molecule has 0 heterocycles. The van der Waals surface area contributed by atoms with Crippen LogP contribution < -0.4 is 0 Å². The van der Waals surface area contributed by atoms with Crippen LogP contribution in [-0.4, -0.2) is 11.6 Å². The van der Waals surface area contributed by atoms with Gasteiger partial charge in [-0.1, -0.05) is 272 Å². The van der Waals surface area contributed by atoms with E-state index in [1.165, 1.54) is 11.1 Å². The second kappa shape index (κ2) is 21.8. The summed E-state index contributed by atoms with van der Waals surface area (Å²) in [5, 5.41) is 0. The van der Waals surface area contributed by atoms with E-state index >= 15 is 9.59 Å². The van der Waals surface area contributed by atoms with E-state index in [9.17, 15) is 0 Å². The minimum Gasteiger partial charge on any atom is -0.289 e. The van der Waals surface area contributed by atoms with E-state index in [2.05, 4.69) is 121 Å². The molecule has 0 saturated carbocycles. The second-order valence-corrected chi connectivity index (χ2v) is 18.5. The maximum Gasteiger partial charge on any atom is 0.195 e. The van der Waals surface area contributed by atoms with Gasteiger partial charge in [0.1, 0.15) is 0 Å². The van der Waals surface area contributed by atoms with Crippen molar-refractivity contribution in [1.82, 2.24) is 0 Å². The first kappa shape index (κ1) is 46.8. The molecule has 2 heteroatoms. The molecule has 0 fully saturated rings. The number of benzene rings is 9. The average molecular weight is 947 g/mol. The van der Waals surface area contributed by atoms with Gasteiger partial charge in [-0.25, -0.2) is 0 Å². The standard InChI is InChI=1S/C72H50O2/c73-71-67(55-32-11-3-12-33-55)63(59-46-42-53(43-47-59)30-21-19-28-51-24-7-1-8-25-51)65(69(71)57-36-15-5-16-37-57)61-40-23-41-62(50-61)66-64(60-48-44-54(45-49-60)31-22-20-29-52-26-9-2-10-27-52)68(56-34-13-4-14-35-56)72(74)70(66)58-38-17-6-18-39-58/h1-18,23-27,32-50H,28-31H2. The van der Waals surface area contributed by atoms with Crippen molar-refractivity contribution in [2.24, 2.45) is 0 Å². The summed E-state index contributed by atoms with van der Waals surface area (Å²) in [6.45, 7) is 0. The molecule has 0 radical (unpaired) electrons. The Labute approximate surface area is 434 Å². The number of carbonyl (C=O) groups is 2. The SMILES string of the molecule is O=C1C(c2ccccc2)=C(c2ccc(CC#CCc3ccccc3)cc2)C(c2cccc(C3=C(c4ccccc4)C(=O)C(c4ccccc4)=C3c3ccc(CC#CCc4ccccc4)cc3)c2)=C1c1ccccc1. The highest BCUT2D eigenvalue weighted by atomic mass is 16.1.